The fraction of sp³-hybridized carbons (Fsp3) is 0.125. The van der Waals surface area contributed by atoms with Crippen LogP contribution in [0.25, 0.3) is 10.6 Å². The van der Waals surface area contributed by atoms with Gasteiger partial charge in [0.2, 0.25) is 0 Å². The Morgan fingerprint density at radius 1 is 1.30 bits per heavy atom. The minimum atomic E-state index is -0.361. The molecule has 3 aromatic rings. The van der Waals surface area contributed by atoms with E-state index in [9.17, 15) is 9.18 Å². The number of ether oxygens (including phenoxy) is 1. The lowest BCUT2D eigenvalue weighted by molar-refractivity contribution is -0.141. The summed E-state index contributed by atoms with van der Waals surface area (Å²) < 4.78 is 23.1. The maximum absolute atomic E-state index is 12.8. The summed E-state index contributed by atoms with van der Waals surface area (Å²) in [5.74, 6) is 0.151. The van der Waals surface area contributed by atoms with Crippen molar-refractivity contribution in [1.29, 1.82) is 0 Å². The first-order valence-corrected chi connectivity index (χ1v) is 8.61. The van der Waals surface area contributed by atoms with E-state index >= 15 is 0 Å². The summed E-state index contributed by atoms with van der Waals surface area (Å²) in [6.45, 7) is 0.0671. The summed E-state index contributed by atoms with van der Waals surface area (Å²) in [7, 11) is 0. The third kappa shape index (κ3) is 4.43. The number of thioether (sulfide) groups is 1. The van der Waals surface area contributed by atoms with Crippen LogP contribution in [0.5, 0.6) is 0 Å². The second kappa shape index (κ2) is 7.43. The molecule has 0 fully saturated rings. The van der Waals surface area contributed by atoms with Gasteiger partial charge in [0.05, 0.1) is 10.6 Å². The van der Waals surface area contributed by atoms with Crippen molar-refractivity contribution in [3.63, 3.8) is 0 Å². The predicted octanol–water partition coefficient (Wildman–Crippen LogP) is 4.38. The van der Waals surface area contributed by atoms with E-state index in [1.807, 2.05) is 17.5 Å². The van der Waals surface area contributed by atoms with Gasteiger partial charge in [0.1, 0.15) is 18.1 Å². The number of benzene rings is 1. The summed E-state index contributed by atoms with van der Waals surface area (Å²) >= 11 is 2.84. The van der Waals surface area contributed by atoms with Crippen molar-refractivity contribution in [3.05, 3.63) is 59.4 Å². The molecule has 0 unspecified atom stereocenters. The highest BCUT2D eigenvalue weighted by Gasteiger charge is 2.10. The van der Waals surface area contributed by atoms with Crippen LogP contribution in [0.15, 0.2) is 57.3 Å². The van der Waals surface area contributed by atoms with Crippen molar-refractivity contribution >= 4 is 29.1 Å². The van der Waals surface area contributed by atoms with Crippen molar-refractivity contribution in [1.82, 2.24) is 5.16 Å². The van der Waals surface area contributed by atoms with Crippen LogP contribution in [0.4, 0.5) is 4.39 Å². The fourth-order valence-electron chi connectivity index (χ4n) is 1.78. The molecule has 0 radical (unpaired) electrons. The van der Waals surface area contributed by atoms with Gasteiger partial charge < -0.3 is 9.26 Å². The summed E-state index contributed by atoms with van der Waals surface area (Å²) in [5, 5.41) is 5.83. The Morgan fingerprint density at radius 2 is 2.13 bits per heavy atom. The van der Waals surface area contributed by atoms with Gasteiger partial charge in [-0.1, -0.05) is 11.2 Å². The fourth-order valence-corrected chi connectivity index (χ4v) is 3.15. The number of rotatable bonds is 6. The Bertz CT molecular complexity index is 769. The lowest BCUT2D eigenvalue weighted by Crippen LogP contribution is -2.07. The molecular weight excluding hydrogens is 337 g/mol. The molecule has 0 aliphatic heterocycles. The van der Waals surface area contributed by atoms with Crippen molar-refractivity contribution < 1.29 is 18.4 Å². The van der Waals surface area contributed by atoms with Gasteiger partial charge in [-0.3, -0.25) is 4.79 Å². The molecule has 118 valence electrons. The van der Waals surface area contributed by atoms with E-state index in [4.69, 9.17) is 9.26 Å². The Kier molecular flexibility index (Phi) is 5.09. The maximum Gasteiger partial charge on any atom is 0.316 e. The first-order chi connectivity index (χ1) is 11.2. The van der Waals surface area contributed by atoms with Gasteiger partial charge in [-0.2, -0.15) is 0 Å². The molecule has 0 atom stereocenters. The molecular formula is C16H12FNO3S2. The van der Waals surface area contributed by atoms with Crippen LogP contribution in [-0.4, -0.2) is 16.9 Å². The van der Waals surface area contributed by atoms with Crippen LogP contribution in [0.3, 0.4) is 0 Å². The standard InChI is InChI=1S/C16H12FNO3S2/c17-11-3-5-13(6-4-11)23-10-16(19)20-9-12-8-14(21-18-12)15-2-1-7-22-15/h1-8H,9-10H2. The molecule has 0 bridgehead atoms. The Labute approximate surface area is 140 Å². The van der Waals surface area contributed by atoms with E-state index in [0.29, 0.717) is 11.5 Å². The monoisotopic (exact) mass is 349 g/mol. The molecule has 3 rings (SSSR count). The molecule has 7 heteroatoms. The van der Waals surface area contributed by atoms with Crippen molar-refractivity contribution in [2.45, 2.75) is 11.5 Å². The van der Waals surface area contributed by atoms with Gasteiger partial charge >= 0.3 is 5.97 Å². The zero-order valence-corrected chi connectivity index (χ0v) is 13.5. The summed E-state index contributed by atoms with van der Waals surface area (Å²) in [6.07, 6.45) is 0. The van der Waals surface area contributed by atoms with E-state index in [-0.39, 0.29) is 24.1 Å². The van der Waals surface area contributed by atoms with Gasteiger partial charge in [-0.05, 0) is 35.7 Å². The molecule has 0 amide bonds. The van der Waals surface area contributed by atoms with E-state index < -0.39 is 0 Å². The summed E-state index contributed by atoms with van der Waals surface area (Å²) in [6, 6.07) is 11.6. The molecule has 0 spiro atoms. The quantitative estimate of drug-likeness (QED) is 0.488. The van der Waals surface area contributed by atoms with E-state index in [1.54, 1.807) is 29.5 Å². The Balaban J connectivity index is 1.46. The molecule has 4 nitrogen and oxygen atoms in total. The Hall–Kier alpha value is -2.12. The summed E-state index contributed by atoms with van der Waals surface area (Å²) in [4.78, 5) is 13.5. The number of aromatic nitrogens is 1. The van der Waals surface area contributed by atoms with Crippen molar-refractivity contribution in [3.8, 4) is 10.6 Å². The number of carbonyl (C=O) groups is 1. The number of hydrogen-bond acceptors (Lipinski definition) is 6. The number of nitrogens with zero attached hydrogens (tertiary/aromatic N) is 1. The second-order valence-electron chi connectivity index (χ2n) is 4.56. The van der Waals surface area contributed by atoms with E-state index in [1.165, 1.54) is 23.9 Å². The molecule has 0 saturated heterocycles. The molecule has 2 heterocycles. The molecule has 0 aliphatic rings. The minimum absolute atomic E-state index is 0.0671. The molecule has 0 saturated carbocycles. The van der Waals surface area contributed by atoms with Crippen molar-refractivity contribution in [2.75, 3.05) is 5.75 Å². The van der Waals surface area contributed by atoms with E-state index in [2.05, 4.69) is 5.16 Å². The summed E-state index contributed by atoms with van der Waals surface area (Å²) in [5.41, 5.74) is 0.563. The minimum Gasteiger partial charge on any atom is -0.458 e. The number of thiophene rings is 1. The van der Waals surface area contributed by atoms with Crippen LogP contribution < -0.4 is 0 Å². The largest absolute Gasteiger partial charge is 0.458 e. The van der Waals surface area contributed by atoms with Crippen LogP contribution in [-0.2, 0) is 16.1 Å². The highest BCUT2D eigenvalue weighted by molar-refractivity contribution is 8.00. The number of esters is 1. The normalized spacial score (nSPS) is 10.7. The topological polar surface area (TPSA) is 52.3 Å². The third-order valence-electron chi connectivity index (χ3n) is 2.87. The first-order valence-electron chi connectivity index (χ1n) is 6.74. The van der Waals surface area contributed by atoms with Gasteiger partial charge in [0, 0.05) is 11.0 Å². The number of halogens is 1. The van der Waals surface area contributed by atoms with Crippen LogP contribution in [0.2, 0.25) is 0 Å². The van der Waals surface area contributed by atoms with Gasteiger partial charge in [0.25, 0.3) is 0 Å². The lowest BCUT2D eigenvalue weighted by Gasteiger charge is -2.02. The lowest BCUT2D eigenvalue weighted by atomic mass is 10.3. The van der Waals surface area contributed by atoms with E-state index in [0.717, 1.165) is 9.77 Å². The molecule has 0 aliphatic carbocycles. The molecule has 23 heavy (non-hydrogen) atoms. The smallest absolute Gasteiger partial charge is 0.316 e. The van der Waals surface area contributed by atoms with Crippen LogP contribution in [0, 0.1) is 5.82 Å². The Morgan fingerprint density at radius 3 is 2.87 bits per heavy atom. The average Bonchev–Trinajstić information content (AvgIpc) is 3.23. The average molecular weight is 349 g/mol. The van der Waals surface area contributed by atoms with Crippen LogP contribution in [0.1, 0.15) is 5.69 Å². The highest BCUT2D eigenvalue weighted by Crippen LogP contribution is 2.25. The predicted molar refractivity (Wildman–Crippen MR) is 86.7 cm³/mol. The second-order valence-corrected chi connectivity index (χ2v) is 6.56. The number of carbonyl (C=O) groups excluding carboxylic acids is 1. The molecule has 1 aromatic carbocycles. The van der Waals surface area contributed by atoms with Gasteiger partial charge in [0.15, 0.2) is 5.76 Å². The highest BCUT2D eigenvalue weighted by atomic mass is 32.2. The molecule has 2 aromatic heterocycles. The van der Waals surface area contributed by atoms with Crippen molar-refractivity contribution in [2.24, 2.45) is 0 Å². The third-order valence-corrected chi connectivity index (χ3v) is 4.74. The van der Waals surface area contributed by atoms with Crippen LogP contribution >= 0.6 is 23.1 Å². The number of hydrogen-bond donors (Lipinski definition) is 0. The zero-order valence-electron chi connectivity index (χ0n) is 11.9. The maximum atomic E-state index is 12.8. The SMILES string of the molecule is O=C(CSc1ccc(F)cc1)OCc1cc(-c2cccs2)on1. The first kappa shape index (κ1) is 15.8. The van der Waals surface area contributed by atoms with Gasteiger partial charge in [-0.15, -0.1) is 23.1 Å². The zero-order chi connectivity index (χ0) is 16.1. The van der Waals surface area contributed by atoms with Gasteiger partial charge in [-0.25, -0.2) is 4.39 Å². The molecule has 0 N–H and O–H groups in total.